The normalized spacial score (nSPS) is 46.4. The van der Waals surface area contributed by atoms with Crippen LogP contribution in [0.25, 0.3) is 9.69 Å². The van der Waals surface area contributed by atoms with Gasteiger partial charge in [-0.05, 0) is 188 Å². The summed E-state index contributed by atoms with van der Waals surface area (Å²) in [5.41, 5.74) is -3.42. The number of nitrogens with zero attached hydrogens (tertiary/aromatic N) is 4. The van der Waals surface area contributed by atoms with Gasteiger partial charge in [0.25, 0.3) is 0 Å². The van der Waals surface area contributed by atoms with Crippen LogP contribution in [0.5, 0.6) is 0 Å². The summed E-state index contributed by atoms with van der Waals surface area (Å²) in [6.07, 6.45) is 11.6. The van der Waals surface area contributed by atoms with Crippen LogP contribution in [0.2, 0.25) is 0 Å². The average Bonchev–Trinajstić information content (AvgIpc) is 3.80. The monoisotopic (exact) mass is 1120 g/mol. The van der Waals surface area contributed by atoms with E-state index in [4.69, 9.17) is 23.0 Å². The fraction of sp³-hybridized carbons (Fsp3) is 0.818. The van der Waals surface area contributed by atoms with Gasteiger partial charge in [-0.3, -0.25) is 9.59 Å². The Bertz CT molecular complexity index is 2940. The molecule has 0 amide bonds. The molecule has 17 atom stereocenters. The van der Waals surface area contributed by atoms with Gasteiger partial charge in [-0.1, -0.05) is 109 Å². The summed E-state index contributed by atoms with van der Waals surface area (Å²) < 4.78 is 44.3. The lowest BCUT2D eigenvalue weighted by atomic mass is 9.31. The largest absolute Gasteiger partial charge is 0.456 e. The first kappa shape index (κ1) is 59.4. The fourth-order valence-corrected chi connectivity index (χ4v) is 23.4. The molecule has 1 aromatic heterocycles. The number of Topliss-reactive ketones (excluding diaryl/α,β-unsaturated/α-hetero) is 3. The number of esters is 1. The van der Waals surface area contributed by atoms with Crippen LogP contribution in [0.15, 0.2) is 23.5 Å². The van der Waals surface area contributed by atoms with E-state index >= 15 is 0 Å². The van der Waals surface area contributed by atoms with Gasteiger partial charge in [0.05, 0.1) is 24.7 Å². The Labute approximate surface area is 479 Å². The number of fused-ring (bicyclic) bond motifs is 14. The van der Waals surface area contributed by atoms with Gasteiger partial charge >= 0.3 is 12.1 Å². The third-order valence-electron chi connectivity index (χ3n) is 26.8. The second-order valence-electron chi connectivity index (χ2n) is 32.1. The van der Waals surface area contributed by atoms with Gasteiger partial charge in [-0.25, -0.2) is 9.69 Å². The molecular formula is C66H91F3N4O6S. The van der Waals surface area contributed by atoms with E-state index in [9.17, 15) is 37.5 Å². The maximum absolute atomic E-state index is 14.7. The summed E-state index contributed by atoms with van der Waals surface area (Å²) in [7, 11) is 0. The van der Waals surface area contributed by atoms with Crippen LogP contribution in [0.3, 0.4) is 0 Å². The van der Waals surface area contributed by atoms with Crippen molar-refractivity contribution in [3.63, 3.8) is 0 Å². The quantitative estimate of drug-likeness (QED) is 0.234. The van der Waals surface area contributed by atoms with Crippen molar-refractivity contribution >= 4 is 34.7 Å². The van der Waals surface area contributed by atoms with E-state index < -0.39 is 46.5 Å². The van der Waals surface area contributed by atoms with Crippen molar-refractivity contribution in [2.75, 3.05) is 6.61 Å². The van der Waals surface area contributed by atoms with Crippen LogP contribution >= 0.6 is 11.3 Å². The van der Waals surface area contributed by atoms with Gasteiger partial charge in [0.2, 0.25) is 11.4 Å². The fourth-order valence-electron chi connectivity index (χ4n) is 22.4. The first-order valence-electron chi connectivity index (χ1n) is 30.3. The van der Waals surface area contributed by atoms with Gasteiger partial charge in [-0.2, -0.15) is 13.2 Å². The molecule has 438 valence electrons. The van der Waals surface area contributed by atoms with Crippen molar-refractivity contribution in [2.24, 2.45) is 107 Å². The molecule has 0 spiro atoms. The number of aromatic nitrogens is 2. The predicted molar refractivity (Wildman–Crippen MR) is 302 cm³/mol. The van der Waals surface area contributed by atoms with Gasteiger partial charge in [-0.15, -0.1) is 21.5 Å². The minimum absolute atomic E-state index is 0.00964. The number of hydrogen-bond acceptors (Lipinski definition) is 9. The second kappa shape index (κ2) is 18.4. The highest BCUT2D eigenvalue weighted by atomic mass is 32.1. The van der Waals surface area contributed by atoms with Gasteiger partial charge < -0.3 is 19.4 Å². The lowest BCUT2D eigenvalue weighted by Gasteiger charge is -2.73. The van der Waals surface area contributed by atoms with Crippen molar-refractivity contribution in [3.8, 4) is 0 Å². The van der Waals surface area contributed by atoms with Gasteiger partial charge in [0.1, 0.15) is 15.8 Å². The molecule has 0 aliphatic heterocycles. The molecule has 0 saturated heterocycles. The Balaban J connectivity index is 0.000000180. The number of ether oxygens (including phenoxy) is 1. The van der Waals surface area contributed by atoms with Crippen molar-refractivity contribution in [1.29, 1.82) is 0 Å². The van der Waals surface area contributed by atoms with E-state index in [-0.39, 0.29) is 114 Å². The van der Waals surface area contributed by atoms with E-state index in [2.05, 4.69) is 84.0 Å². The lowest BCUT2D eigenvalue weighted by molar-refractivity contribution is -0.263. The number of aliphatic hydroxyl groups excluding tert-OH is 1. The molecule has 0 unspecified atom stereocenters. The maximum Gasteiger partial charge on any atom is 0.422 e. The number of aliphatic hydroxyl groups is 1. The molecule has 80 heavy (non-hydrogen) atoms. The first-order valence-corrected chi connectivity index (χ1v) is 31.1. The third kappa shape index (κ3) is 8.14. The second-order valence-corrected chi connectivity index (χ2v) is 33.3. The number of ketones is 3. The number of carbonyl (C=O) groups is 4. The molecule has 11 rings (SSSR count). The molecular weight excluding hydrogens is 1030 g/mol. The molecule has 8 saturated carbocycles. The van der Waals surface area contributed by atoms with E-state index in [0.29, 0.717) is 44.3 Å². The molecule has 0 bridgehead atoms. The van der Waals surface area contributed by atoms with Gasteiger partial charge in [0, 0.05) is 28.6 Å². The highest BCUT2D eigenvalue weighted by Crippen LogP contribution is 2.79. The third-order valence-corrected chi connectivity index (χ3v) is 27.9. The number of allylic oxidation sites excluding steroid dienone is 4. The standard InChI is InChI=1S/C33H46F3NO4.C33H45N3O2S/c1-27(2)11-13-32(26(40)41-18-33(34,35)36)14-12-31(7)24(19(32)16-27)21(38)15-23-29(5)17-20(37-8)25(39)28(3,4)22(29)9-10-30(23,31)6;1-19-35-36-27(39-19)33-14-12-28(2,3)17-20(33)25-22(37)16-24-30(6)18-21(34-9)26(38)29(4,5)23(30)10-11-31(24,7)32(25,8)13-15-33/h17,19,21-24,38H,9-16,18H2,1-7H3;18,20,23-25H,10-17H2,1-8H3/t19-,21+,22-,23+,24-,29-,30+,31+,32-;20-,23-,24+,25-,30-,31+,32+,33-/m00/s1. The molecule has 10 nitrogen and oxygen atoms in total. The van der Waals surface area contributed by atoms with E-state index in [0.717, 1.165) is 74.2 Å². The van der Waals surface area contributed by atoms with Crippen LogP contribution in [0.4, 0.5) is 13.2 Å². The topological polar surface area (TPSA) is 132 Å². The molecule has 10 aliphatic rings. The Kier molecular flexibility index (Phi) is 13.6. The van der Waals surface area contributed by atoms with Crippen LogP contribution < -0.4 is 0 Å². The number of halogens is 3. The molecule has 1 N–H and O–H groups in total. The lowest BCUT2D eigenvalue weighted by Crippen LogP contribution is -2.70. The zero-order valence-electron chi connectivity index (χ0n) is 50.7. The predicted octanol–water partition coefficient (Wildman–Crippen LogP) is 15.3. The summed E-state index contributed by atoms with van der Waals surface area (Å²) in [6.45, 7) is 47.0. The zero-order valence-corrected chi connectivity index (χ0v) is 51.5. The van der Waals surface area contributed by atoms with Crippen molar-refractivity contribution in [2.45, 2.75) is 224 Å². The smallest absolute Gasteiger partial charge is 0.422 e. The first-order chi connectivity index (χ1) is 36.7. The number of alkyl halides is 3. The van der Waals surface area contributed by atoms with Gasteiger partial charge in [0.15, 0.2) is 18.2 Å². The molecule has 1 heterocycles. The molecule has 0 aromatic carbocycles. The van der Waals surface area contributed by atoms with Crippen LogP contribution in [0.1, 0.15) is 210 Å². The molecule has 14 heteroatoms. The van der Waals surface area contributed by atoms with Crippen molar-refractivity contribution < 1.29 is 42.2 Å². The summed E-state index contributed by atoms with van der Waals surface area (Å²) in [4.78, 5) is 62.2. The number of carbonyl (C=O) groups excluding carboxylic acids is 4. The minimum atomic E-state index is -4.59. The maximum atomic E-state index is 14.7. The summed E-state index contributed by atoms with van der Waals surface area (Å²) in [5.74, 6) is -0.405. The summed E-state index contributed by atoms with van der Waals surface area (Å²) in [6, 6.07) is 0. The number of hydrogen-bond donors (Lipinski definition) is 1. The molecule has 8 fully saturated rings. The Hall–Kier alpha value is -3.75. The Morgan fingerprint density at radius 1 is 0.662 bits per heavy atom. The average molecular weight is 1130 g/mol. The summed E-state index contributed by atoms with van der Waals surface area (Å²) in [5, 5.41) is 23.5. The van der Waals surface area contributed by atoms with Crippen LogP contribution in [-0.2, 0) is 29.3 Å². The zero-order chi connectivity index (χ0) is 59.0. The van der Waals surface area contributed by atoms with Crippen molar-refractivity contribution in [3.05, 3.63) is 56.4 Å². The van der Waals surface area contributed by atoms with Crippen molar-refractivity contribution in [1.82, 2.24) is 10.2 Å². The Morgan fingerprint density at radius 3 is 1.68 bits per heavy atom. The minimum Gasteiger partial charge on any atom is -0.456 e. The molecule has 10 aliphatic carbocycles. The number of aryl methyl sites for hydroxylation is 1. The van der Waals surface area contributed by atoms with Crippen LogP contribution in [-0.4, -0.2) is 57.5 Å². The van der Waals surface area contributed by atoms with E-state index in [1.165, 1.54) is 0 Å². The van der Waals surface area contributed by atoms with E-state index in [1.54, 1.807) is 11.3 Å². The highest BCUT2D eigenvalue weighted by molar-refractivity contribution is 7.11. The Morgan fingerprint density at radius 2 is 1.15 bits per heavy atom. The summed E-state index contributed by atoms with van der Waals surface area (Å²) >= 11 is 1.75. The number of rotatable bonds is 3. The van der Waals surface area contributed by atoms with E-state index in [1.807, 2.05) is 46.8 Å². The van der Waals surface area contributed by atoms with Crippen LogP contribution in [0, 0.1) is 127 Å². The SMILES string of the molecule is [C-]#[N+]C1=C[C@]2(C)[C@H]3CC(=O)[C@@H]4[C@@H]5CC(C)(C)CC[C@]5(c5nnc(C)s5)CC[C@@]4(C)[C@]3(C)CC[C@H]2C(C)(C)C1=O.[C-]#[N+]C1=C[C@]2(C)[C@H]3C[C@@H](O)[C@@H]4[C@@H]5CC(C)(C)CC[C@]5(C(=O)OCC(F)(F)F)CC[C@@]4(C)[C@]3(C)CC[C@H]2C(C)(C)C1=O. The molecule has 1 aromatic rings. The molecule has 0 radical (unpaired) electrons. The highest BCUT2D eigenvalue weighted by Gasteiger charge is 2.75.